The van der Waals surface area contributed by atoms with Crippen LogP contribution in [0.5, 0.6) is 5.75 Å². The summed E-state index contributed by atoms with van der Waals surface area (Å²) in [6.07, 6.45) is 4.82. The van der Waals surface area contributed by atoms with Crippen LogP contribution in [0.3, 0.4) is 0 Å². The molecule has 140 valence electrons. The molecule has 0 radical (unpaired) electrons. The monoisotopic (exact) mass is 420 g/mol. The number of halogens is 2. The molecule has 27 heavy (non-hydrogen) atoms. The minimum atomic E-state index is 0.263. The molecule has 1 aliphatic rings. The Labute approximate surface area is 172 Å². The Morgan fingerprint density at radius 1 is 0.963 bits per heavy atom. The molecule has 4 rings (SSSR count). The minimum absolute atomic E-state index is 0.263. The lowest BCUT2D eigenvalue weighted by molar-refractivity contribution is 0.252. The quantitative estimate of drug-likeness (QED) is 0.449. The molecule has 0 saturated heterocycles. The van der Waals surface area contributed by atoms with E-state index in [9.17, 15) is 0 Å². The van der Waals surface area contributed by atoms with Gasteiger partial charge in [0.05, 0.1) is 10.0 Å². The molecule has 0 atom stereocenters. The van der Waals surface area contributed by atoms with E-state index < -0.39 is 0 Å². The predicted octanol–water partition coefficient (Wildman–Crippen LogP) is 6.13. The fraction of sp³-hybridized carbons (Fsp3) is 0.300. The van der Waals surface area contributed by atoms with Gasteiger partial charge in [0.1, 0.15) is 5.75 Å². The van der Waals surface area contributed by atoms with Crippen molar-refractivity contribution in [2.45, 2.75) is 43.3 Å². The van der Waals surface area contributed by atoms with Crippen molar-refractivity contribution >= 4 is 35.0 Å². The topological polar surface area (TPSA) is 48.2 Å². The first kappa shape index (κ1) is 18.7. The first-order valence-electron chi connectivity index (χ1n) is 8.81. The zero-order valence-corrected chi connectivity index (χ0v) is 16.9. The Bertz CT molecular complexity index is 945. The number of ether oxygens (including phenoxy) is 1. The molecule has 0 unspecified atom stereocenters. The van der Waals surface area contributed by atoms with E-state index in [4.69, 9.17) is 32.4 Å². The first-order valence-corrected chi connectivity index (χ1v) is 10.6. The second kappa shape index (κ2) is 8.55. The molecule has 7 heteroatoms. The van der Waals surface area contributed by atoms with Crippen molar-refractivity contribution in [2.24, 2.45) is 0 Å². The number of fused-ring (bicyclic) bond motifs is 1. The standard InChI is InChI=1S/C20H18Cl2N2O2S/c21-17-8-5-13(9-18(17)22)12-27-20-24-23-19(26-20)11-25-16-7-6-14-3-1-2-4-15(14)10-16/h5-10H,1-4,11-12H2. The van der Waals surface area contributed by atoms with Crippen LogP contribution in [0.1, 0.15) is 35.4 Å². The molecule has 1 heterocycles. The maximum Gasteiger partial charge on any atom is 0.277 e. The van der Waals surface area contributed by atoms with Crippen LogP contribution in [0.2, 0.25) is 10.0 Å². The molecule has 0 saturated carbocycles. The first-order chi connectivity index (χ1) is 13.2. The van der Waals surface area contributed by atoms with Gasteiger partial charge in [-0.1, -0.05) is 47.1 Å². The molecule has 4 nitrogen and oxygen atoms in total. The summed E-state index contributed by atoms with van der Waals surface area (Å²) in [5.41, 5.74) is 3.87. The molecule has 0 spiro atoms. The van der Waals surface area contributed by atoms with Crippen molar-refractivity contribution in [3.63, 3.8) is 0 Å². The molecule has 0 aliphatic heterocycles. The summed E-state index contributed by atoms with van der Waals surface area (Å²) in [5, 5.41) is 9.71. The molecule has 0 bridgehead atoms. The van der Waals surface area contributed by atoms with Crippen LogP contribution in [0.4, 0.5) is 0 Å². The average Bonchev–Trinajstić information content (AvgIpc) is 3.15. The molecule has 3 aromatic rings. The lowest BCUT2D eigenvalue weighted by Gasteiger charge is -2.16. The summed E-state index contributed by atoms with van der Waals surface area (Å²) in [5.74, 6) is 1.98. The van der Waals surface area contributed by atoms with Gasteiger partial charge in [0, 0.05) is 5.75 Å². The predicted molar refractivity (Wildman–Crippen MR) is 108 cm³/mol. The highest BCUT2D eigenvalue weighted by Gasteiger charge is 2.12. The van der Waals surface area contributed by atoms with Crippen LogP contribution < -0.4 is 4.74 Å². The number of benzene rings is 2. The van der Waals surface area contributed by atoms with E-state index in [-0.39, 0.29) is 6.61 Å². The van der Waals surface area contributed by atoms with Gasteiger partial charge >= 0.3 is 0 Å². The molecule has 1 aliphatic carbocycles. The fourth-order valence-corrected chi connectivity index (χ4v) is 4.12. The zero-order chi connectivity index (χ0) is 18.6. The van der Waals surface area contributed by atoms with Crippen LogP contribution in [-0.4, -0.2) is 10.2 Å². The molecule has 0 N–H and O–H groups in total. The zero-order valence-electron chi connectivity index (χ0n) is 14.6. The van der Waals surface area contributed by atoms with Crippen LogP contribution in [0, 0.1) is 0 Å². The summed E-state index contributed by atoms with van der Waals surface area (Å²) in [6.45, 7) is 0.263. The normalized spacial score (nSPS) is 13.4. The van der Waals surface area contributed by atoms with Gasteiger partial charge in [0.15, 0.2) is 6.61 Å². The van der Waals surface area contributed by atoms with Crippen LogP contribution in [0.15, 0.2) is 46.0 Å². The van der Waals surface area contributed by atoms with Gasteiger partial charge in [0.25, 0.3) is 11.1 Å². The third kappa shape index (κ3) is 4.78. The Morgan fingerprint density at radius 3 is 2.67 bits per heavy atom. The number of aryl methyl sites for hydroxylation is 2. The highest BCUT2D eigenvalue weighted by molar-refractivity contribution is 7.98. The summed E-state index contributed by atoms with van der Waals surface area (Å²) < 4.78 is 11.5. The smallest absolute Gasteiger partial charge is 0.277 e. The van der Waals surface area contributed by atoms with Crippen molar-refractivity contribution in [3.05, 3.63) is 69.0 Å². The van der Waals surface area contributed by atoms with Gasteiger partial charge < -0.3 is 9.15 Å². The van der Waals surface area contributed by atoms with Crippen molar-refractivity contribution in [1.29, 1.82) is 0 Å². The largest absolute Gasteiger partial charge is 0.484 e. The van der Waals surface area contributed by atoms with Gasteiger partial charge in [-0.25, -0.2) is 0 Å². The van der Waals surface area contributed by atoms with E-state index in [1.807, 2.05) is 18.2 Å². The van der Waals surface area contributed by atoms with Crippen LogP contribution >= 0.6 is 35.0 Å². The van der Waals surface area contributed by atoms with Crippen molar-refractivity contribution in [1.82, 2.24) is 10.2 Å². The molecule has 0 fully saturated rings. The van der Waals surface area contributed by atoms with Crippen molar-refractivity contribution < 1.29 is 9.15 Å². The Kier molecular flexibility index (Phi) is 5.91. The molecule has 1 aromatic heterocycles. The van der Waals surface area contributed by atoms with Gasteiger partial charge in [-0.3, -0.25) is 0 Å². The maximum absolute atomic E-state index is 6.03. The third-order valence-electron chi connectivity index (χ3n) is 4.48. The van der Waals surface area contributed by atoms with Gasteiger partial charge in [-0.05, 0) is 66.6 Å². The molecular weight excluding hydrogens is 403 g/mol. The Balaban J connectivity index is 1.32. The van der Waals surface area contributed by atoms with Gasteiger partial charge in [-0.15, -0.1) is 10.2 Å². The van der Waals surface area contributed by atoms with Gasteiger partial charge in [0.2, 0.25) is 0 Å². The summed E-state index contributed by atoms with van der Waals surface area (Å²) in [4.78, 5) is 0. The summed E-state index contributed by atoms with van der Waals surface area (Å²) in [6, 6.07) is 11.9. The minimum Gasteiger partial charge on any atom is -0.484 e. The second-order valence-electron chi connectivity index (χ2n) is 6.43. The highest BCUT2D eigenvalue weighted by Crippen LogP contribution is 2.28. The van der Waals surface area contributed by atoms with E-state index in [0.29, 0.717) is 26.9 Å². The number of thioether (sulfide) groups is 1. The van der Waals surface area contributed by atoms with E-state index in [1.54, 1.807) is 6.07 Å². The van der Waals surface area contributed by atoms with E-state index in [1.165, 1.54) is 42.2 Å². The van der Waals surface area contributed by atoms with Crippen LogP contribution in [-0.2, 0) is 25.2 Å². The molecular formula is C20H18Cl2N2O2S. The average molecular weight is 421 g/mol. The van der Waals surface area contributed by atoms with Gasteiger partial charge in [-0.2, -0.15) is 0 Å². The van der Waals surface area contributed by atoms with E-state index in [0.717, 1.165) is 17.7 Å². The fourth-order valence-electron chi connectivity index (χ4n) is 3.07. The van der Waals surface area contributed by atoms with E-state index in [2.05, 4.69) is 22.3 Å². The van der Waals surface area contributed by atoms with Crippen molar-refractivity contribution in [2.75, 3.05) is 0 Å². The second-order valence-corrected chi connectivity index (χ2v) is 8.17. The van der Waals surface area contributed by atoms with Crippen molar-refractivity contribution in [3.8, 4) is 5.75 Å². The van der Waals surface area contributed by atoms with E-state index >= 15 is 0 Å². The third-order valence-corrected chi connectivity index (χ3v) is 6.11. The molecule has 0 amide bonds. The highest BCUT2D eigenvalue weighted by atomic mass is 35.5. The number of aromatic nitrogens is 2. The van der Waals surface area contributed by atoms with Crippen LogP contribution in [0.25, 0.3) is 0 Å². The molecule has 2 aromatic carbocycles. The number of nitrogens with zero attached hydrogens (tertiary/aromatic N) is 2. The Hall–Kier alpha value is -1.69. The maximum atomic E-state index is 6.03. The number of hydrogen-bond donors (Lipinski definition) is 0. The Morgan fingerprint density at radius 2 is 1.81 bits per heavy atom. The summed E-state index contributed by atoms with van der Waals surface area (Å²) >= 11 is 13.4. The summed E-state index contributed by atoms with van der Waals surface area (Å²) in [7, 11) is 0. The lowest BCUT2D eigenvalue weighted by atomic mass is 9.92. The number of rotatable bonds is 6. The SMILES string of the molecule is Clc1ccc(CSc2nnc(COc3ccc4c(c3)CCCC4)o2)cc1Cl. The number of hydrogen-bond acceptors (Lipinski definition) is 5. The lowest BCUT2D eigenvalue weighted by Crippen LogP contribution is -2.03.